The van der Waals surface area contributed by atoms with Crippen LogP contribution in [-0.2, 0) is 46.2 Å². The van der Waals surface area contributed by atoms with Crippen molar-refractivity contribution in [3.05, 3.63) is 70.8 Å². The Kier molecular flexibility index (Phi) is 55.1. The van der Waals surface area contributed by atoms with E-state index >= 15 is 0 Å². The lowest BCUT2D eigenvalue weighted by Crippen LogP contribution is -2.35. The van der Waals surface area contributed by atoms with Gasteiger partial charge in [-0.15, -0.1) is 12.8 Å². The third-order valence-corrected chi connectivity index (χ3v) is 18.9. The van der Waals surface area contributed by atoms with Crippen LogP contribution in [0.15, 0.2) is 48.5 Å². The van der Waals surface area contributed by atoms with Crippen LogP contribution in [0, 0.1) is 24.7 Å². The zero-order chi connectivity index (χ0) is 68.9. The first-order chi connectivity index (χ1) is 46.5. The fourth-order valence-electron chi connectivity index (χ4n) is 13.2. The average molecular weight is 1340 g/mol. The molecule has 4 rings (SSSR count). The standard InChI is InChI=1S/C41H65NO5.C27H52O3.C14H14ClNO2/c1-3-5-6-7-8-9-10-11-12-13-14-15-16-17-18-19-20-21-22-28-37(43)29-24-26-31-40(44)46-35-47-41(45)42(34-4-2)39-33-32-36-27-23-25-30-38(36)39;1-2-3-4-5-6-7-8-9-10-11-12-13-14-15-16-17-18-19-20-23-26(28)24-21-22-25-27(29)30;1-2-9-16(14(17)18-10-15)13-8-7-11-5-3-4-6-12(11)13/h2,23,25,27,30,39H,3,5-22,24,26,28-29,31-35H2,1H3;2-25H2,1H3,(H,29,30);1,3-6,13H,7-10H2/t39-;;13-/m1.1/s1. The topological polar surface area (TPSA) is 157 Å². The molecule has 0 fully saturated rings. The van der Waals surface area contributed by atoms with E-state index in [1.165, 1.54) is 241 Å². The summed E-state index contributed by atoms with van der Waals surface area (Å²) < 4.78 is 15.2. The van der Waals surface area contributed by atoms with E-state index in [1.807, 2.05) is 36.4 Å². The van der Waals surface area contributed by atoms with Gasteiger partial charge < -0.3 is 19.3 Å². The zero-order valence-corrected chi connectivity index (χ0v) is 60.7. The minimum Gasteiger partial charge on any atom is -0.481 e. The number of carboxylic acid groups (broad SMARTS) is 1. The summed E-state index contributed by atoms with van der Waals surface area (Å²) in [5.41, 5.74) is 4.71. The van der Waals surface area contributed by atoms with Crippen molar-refractivity contribution >= 4 is 47.3 Å². The van der Waals surface area contributed by atoms with Crippen LogP contribution in [0.25, 0.3) is 0 Å². The quantitative estimate of drug-likeness (QED) is 0.0222. The van der Waals surface area contributed by atoms with E-state index in [0.29, 0.717) is 50.7 Å². The van der Waals surface area contributed by atoms with Crippen molar-refractivity contribution in [1.29, 1.82) is 0 Å². The molecule has 2 atom stereocenters. The number of aryl methyl sites for hydroxylation is 2. The predicted molar refractivity (Wildman–Crippen MR) is 391 cm³/mol. The zero-order valence-electron chi connectivity index (χ0n) is 59.9. The lowest BCUT2D eigenvalue weighted by atomic mass is 10.0. The molecule has 0 aliphatic heterocycles. The smallest absolute Gasteiger partial charge is 0.413 e. The molecule has 0 heterocycles. The number of aliphatic carboxylic acids is 1. The van der Waals surface area contributed by atoms with Crippen LogP contribution in [0.1, 0.15) is 369 Å². The third kappa shape index (κ3) is 45.0. The molecule has 0 saturated heterocycles. The maximum atomic E-state index is 12.7. The van der Waals surface area contributed by atoms with E-state index < -0.39 is 30.9 Å². The van der Waals surface area contributed by atoms with Crippen LogP contribution < -0.4 is 0 Å². The molecule has 12 nitrogen and oxygen atoms in total. The molecule has 1 N–H and O–H groups in total. The molecule has 13 heteroatoms. The number of terminal acetylenes is 2. The van der Waals surface area contributed by atoms with Gasteiger partial charge in [-0.05, 0) is 86.5 Å². The normalized spacial score (nSPS) is 13.4. The van der Waals surface area contributed by atoms with Gasteiger partial charge in [0, 0.05) is 38.5 Å². The number of fused-ring (bicyclic) bond motifs is 2. The van der Waals surface area contributed by atoms with Crippen molar-refractivity contribution in [1.82, 2.24) is 9.80 Å². The number of benzene rings is 2. The predicted octanol–water partition coefficient (Wildman–Crippen LogP) is 23.2. The van der Waals surface area contributed by atoms with Crippen LogP contribution in [0.3, 0.4) is 0 Å². The monoisotopic (exact) mass is 1340 g/mol. The van der Waals surface area contributed by atoms with Crippen LogP contribution in [0.5, 0.6) is 0 Å². The van der Waals surface area contributed by atoms with E-state index in [9.17, 15) is 28.8 Å². The van der Waals surface area contributed by atoms with E-state index in [2.05, 4.69) is 37.8 Å². The number of Topliss-reactive ketones (excluding diaryl/α,β-unsaturated/α-hetero) is 2. The largest absolute Gasteiger partial charge is 0.481 e. The van der Waals surface area contributed by atoms with Crippen molar-refractivity contribution in [3.63, 3.8) is 0 Å². The van der Waals surface area contributed by atoms with Crippen molar-refractivity contribution in [3.8, 4) is 24.7 Å². The Morgan fingerprint density at radius 3 is 1.01 bits per heavy atom. The van der Waals surface area contributed by atoms with Gasteiger partial charge in [-0.25, -0.2) is 9.59 Å². The molecule has 536 valence electrons. The van der Waals surface area contributed by atoms with Crippen LogP contribution in [0.2, 0.25) is 0 Å². The van der Waals surface area contributed by atoms with E-state index in [0.717, 1.165) is 62.5 Å². The van der Waals surface area contributed by atoms with E-state index in [1.54, 1.807) is 4.90 Å². The first kappa shape index (κ1) is 85.8. The minimum absolute atomic E-state index is 0.00651. The molecule has 0 spiro atoms. The highest BCUT2D eigenvalue weighted by Crippen LogP contribution is 2.37. The van der Waals surface area contributed by atoms with Gasteiger partial charge in [0.2, 0.25) is 6.79 Å². The Morgan fingerprint density at radius 2 is 0.695 bits per heavy atom. The molecule has 0 saturated carbocycles. The Bertz CT molecular complexity index is 2380. The number of carbonyl (C=O) groups is 6. The summed E-state index contributed by atoms with van der Waals surface area (Å²) in [6, 6.07) is 15.8. The van der Waals surface area contributed by atoms with E-state index in [4.69, 9.17) is 43.8 Å². The Morgan fingerprint density at radius 1 is 0.411 bits per heavy atom. The van der Waals surface area contributed by atoms with Gasteiger partial charge >= 0.3 is 24.1 Å². The Hall–Kier alpha value is -5.33. The molecule has 95 heavy (non-hydrogen) atoms. The van der Waals surface area contributed by atoms with Crippen molar-refractivity contribution in [2.45, 2.75) is 360 Å². The van der Waals surface area contributed by atoms with Gasteiger partial charge in [0.1, 0.15) is 11.6 Å². The maximum Gasteiger partial charge on any atom is 0.413 e. The molecule has 2 aliphatic rings. The number of esters is 1. The van der Waals surface area contributed by atoms with Crippen LogP contribution >= 0.6 is 11.6 Å². The number of ether oxygens (including phenoxy) is 3. The van der Waals surface area contributed by atoms with Gasteiger partial charge in [-0.1, -0.05) is 317 Å². The Balaban J connectivity index is 0.000000542. The van der Waals surface area contributed by atoms with Gasteiger partial charge in [0.05, 0.1) is 25.2 Å². The molecule has 2 aromatic rings. The number of amides is 2. The highest BCUT2D eigenvalue weighted by Gasteiger charge is 2.33. The molecule has 2 aromatic carbocycles. The van der Waals surface area contributed by atoms with E-state index in [-0.39, 0.29) is 49.9 Å². The highest BCUT2D eigenvalue weighted by molar-refractivity contribution is 6.17. The molecule has 2 amide bonds. The van der Waals surface area contributed by atoms with Crippen LogP contribution in [0.4, 0.5) is 9.59 Å². The molecular formula is C82H131ClN2O10. The fourth-order valence-corrected chi connectivity index (χ4v) is 13.3. The number of halogens is 1. The lowest BCUT2D eigenvalue weighted by molar-refractivity contribution is -0.152. The summed E-state index contributed by atoms with van der Waals surface area (Å²) in [4.78, 5) is 74.1. The number of hydrogen-bond acceptors (Lipinski definition) is 9. The molecule has 0 radical (unpaired) electrons. The maximum absolute atomic E-state index is 12.7. The number of rotatable bonds is 57. The second kappa shape index (κ2) is 61.0. The summed E-state index contributed by atoms with van der Waals surface area (Å²) in [6.45, 7) is 4.48. The molecular weight excluding hydrogens is 1210 g/mol. The van der Waals surface area contributed by atoms with Crippen molar-refractivity contribution < 1.29 is 48.1 Å². The lowest BCUT2D eigenvalue weighted by Gasteiger charge is -2.27. The number of carbonyl (C=O) groups excluding carboxylic acids is 5. The summed E-state index contributed by atoms with van der Waals surface area (Å²) in [5.74, 6) is 4.42. The summed E-state index contributed by atoms with van der Waals surface area (Å²) in [6.07, 6.45) is 70.2. The first-order valence-electron chi connectivity index (χ1n) is 38.4. The average Bonchev–Trinajstić information content (AvgIpc) is 1.70. The van der Waals surface area contributed by atoms with Crippen molar-refractivity contribution in [2.75, 3.05) is 25.9 Å². The second-order valence-corrected chi connectivity index (χ2v) is 27.1. The van der Waals surface area contributed by atoms with Gasteiger partial charge in [-0.2, -0.15) is 0 Å². The number of unbranched alkanes of at least 4 members (excludes halogenated alkanes) is 38. The number of carboxylic acids is 1. The number of ketones is 2. The van der Waals surface area contributed by atoms with Crippen LogP contribution in [-0.4, -0.2) is 76.5 Å². The van der Waals surface area contributed by atoms with Crippen molar-refractivity contribution in [2.24, 2.45) is 0 Å². The second-order valence-electron chi connectivity index (χ2n) is 26.8. The highest BCUT2D eigenvalue weighted by atomic mass is 35.5. The molecule has 0 unspecified atom stereocenters. The minimum atomic E-state index is -0.763. The number of hydrogen-bond donors (Lipinski definition) is 1. The number of nitrogens with zero attached hydrogens (tertiary/aromatic N) is 2. The van der Waals surface area contributed by atoms with Gasteiger partial charge in [0.25, 0.3) is 0 Å². The SMILES string of the molecule is C#CCN(C(=O)OCCl)[C@@H]1CCc2ccccc21.C#CCN(C(=O)OCOC(=O)CCCCC(=O)CCCCCCCCCCCCCCCCCCCCC)[C@@H]1CCc2ccccc21.CCCCCCCCCCCCCCCCCCCCCC(=O)CCCCC(=O)O. The number of alkyl halides is 1. The summed E-state index contributed by atoms with van der Waals surface area (Å²) >= 11 is 5.43. The third-order valence-electron chi connectivity index (χ3n) is 18.8. The van der Waals surface area contributed by atoms with Gasteiger partial charge in [0.15, 0.2) is 6.07 Å². The molecule has 0 aromatic heterocycles. The Labute approximate surface area is 583 Å². The first-order valence-corrected chi connectivity index (χ1v) is 38.9. The summed E-state index contributed by atoms with van der Waals surface area (Å²) in [7, 11) is 0. The molecule has 0 bridgehead atoms. The summed E-state index contributed by atoms with van der Waals surface area (Å²) in [5, 5.41) is 8.57. The van der Waals surface area contributed by atoms with Gasteiger partial charge in [-0.3, -0.25) is 29.0 Å². The molecule has 2 aliphatic carbocycles. The fraction of sp³-hybridized carbons (Fsp3) is 0.732.